The molecule has 0 aromatic heterocycles. The van der Waals surface area contributed by atoms with Gasteiger partial charge in [0.25, 0.3) is 0 Å². The zero-order valence-corrected chi connectivity index (χ0v) is 23.8. The number of carbonyl (C=O) groups excluding carboxylic acids is 2. The summed E-state index contributed by atoms with van der Waals surface area (Å²) in [6.45, 7) is 9.46. The average Bonchev–Trinajstić information content (AvgIpc) is 2.74. The number of methoxy groups -OCH3 is 1. The molecule has 2 rings (SSSR count). The second kappa shape index (κ2) is 12.7. The molecule has 0 aliphatic carbocycles. The summed E-state index contributed by atoms with van der Waals surface area (Å²) >= 11 is 6.22. The largest absolute Gasteiger partial charge is 0.462 e. The van der Waals surface area contributed by atoms with Gasteiger partial charge in [-0.1, -0.05) is 16.4 Å². The summed E-state index contributed by atoms with van der Waals surface area (Å²) in [7, 11) is -6.91. The number of hydrogen-bond acceptors (Lipinski definition) is 10. The van der Waals surface area contributed by atoms with E-state index >= 15 is 0 Å². The van der Waals surface area contributed by atoms with E-state index in [1.165, 1.54) is 39.2 Å². The molecule has 36 heavy (non-hydrogen) atoms. The minimum atomic E-state index is -4.10. The number of halogens is 1. The molecule has 1 aliphatic heterocycles. The molecule has 4 atom stereocenters. The van der Waals surface area contributed by atoms with Crippen LogP contribution < -0.4 is 14.1 Å². The third kappa shape index (κ3) is 8.18. The van der Waals surface area contributed by atoms with Crippen LogP contribution in [0.15, 0.2) is 18.2 Å². The van der Waals surface area contributed by atoms with Gasteiger partial charge in [-0.05, 0) is 53.7 Å². The average molecular weight is 571 g/mol. The van der Waals surface area contributed by atoms with Crippen molar-refractivity contribution in [2.75, 3.05) is 19.8 Å². The number of hydroxylamine groups is 1. The van der Waals surface area contributed by atoms with Gasteiger partial charge in [0.1, 0.15) is 24.2 Å². The monoisotopic (exact) mass is 570 g/mol. The van der Waals surface area contributed by atoms with E-state index in [2.05, 4.69) is 5.09 Å². The first-order valence-electron chi connectivity index (χ1n) is 11.2. The van der Waals surface area contributed by atoms with Gasteiger partial charge >= 0.3 is 27.0 Å². The number of hydrogen-bond donors (Lipinski definition) is 1. The van der Waals surface area contributed by atoms with E-state index in [0.717, 1.165) is 4.83 Å². The fourth-order valence-electron chi connectivity index (χ4n) is 3.01. The Kier molecular flexibility index (Phi) is 10.8. The molecule has 0 amide bonds. The predicted molar refractivity (Wildman–Crippen MR) is 132 cm³/mol. The number of benzene rings is 1. The molecule has 0 spiro atoms. The Morgan fingerprint density at radius 2 is 1.67 bits per heavy atom. The highest BCUT2D eigenvalue weighted by molar-refractivity contribution is 7.57. The summed E-state index contributed by atoms with van der Waals surface area (Å²) in [6, 6.07) is 1.75. The standard InChI is InChI=1S/C21H33ClN2O10P2/c1-13(2)31-20(25)15(5)23-35(27)12-30-24(16(6)21(26)32-14(3)4)36(28,11-29-7)33-17-8-9-18(22)19(10-17)34-35/h8-10,13-16H,11-12H2,1-7H3,(H,23,27)/t15-,16-,35?,36?/m0/s1. The number of ether oxygens (including phenoxy) is 3. The van der Waals surface area contributed by atoms with Crippen LogP contribution in [0.4, 0.5) is 0 Å². The summed E-state index contributed by atoms with van der Waals surface area (Å²) in [5, 5.41) is 2.68. The Morgan fingerprint density at radius 1 is 1.06 bits per heavy atom. The Bertz CT molecular complexity index is 1040. The molecule has 1 heterocycles. The van der Waals surface area contributed by atoms with Gasteiger partial charge in [-0.15, -0.1) is 0 Å². The van der Waals surface area contributed by atoms with Gasteiger partial charge < -0.3 is 23.3 Å². The van der Waals surface area contributed by atoms with Crippen LogP contribution in [0.1, 0.15) is 41.5 Å². The molecule has 2 unspecified atom stereocenters. The first-order valence-corrected chi connectivity index (χ1v) is 15.1. The summed E-state index contributed by atoms with van der Waals surface area (Å²) in [5.41, 5.74) is 0. The molecule has 1 aliphatic rings. The van der Waals surface area contributed by atoms with Crippen molar-refractivity contribution in [3.05, 3.63) is 23.2 Å². The fourth-order valence-corrected chi connectivity index (χ4v) is 6.81. The summed E-state index contributed by atoms with van der Waals surface area (Å²) in [5.74, 6) is -1.49. The van der Waals surface area contributed by atoms with E-state index in [1.807, 2.05) is 0 Å². The van der Waals surface area contributed by atoms with Crippen molar-refractivity contribution in [2.45, 2.75) is 65.8 Å². The Morgan fingerprint density at radius 3 is 2.25 bits per heavy atom. The molecule has 1 aromatic rings. The summed E-state index contributed by atoms with van der Waals surface area (Å²) < 4.78 is 54.8. The third-order valence-corrected chi connectivity index (χ3v) is 8.65. The maximum atomic E-state index is 14.0. The third-order valence-electron chi connectivity index (χ3n) is 4.47. The molecule has 1 aromatic carbocycles. The number of esters is 2. The second-order valence-corrected chi connectivity index (χ2v) is 13.1. The SMILES string of the molecule is COCP1(=O)Oc2ccc(Cl)c(c2)OP(=O)(N[C@@H](C)C(=O)OC(C)C)CON1[C@@H](C)C(=O)OC(C)C. The van der Waals surface area contributed by atoms with Crippen molar-refractivity contribution in [1.82, 2.24) is 9.92 Å². The van der Waals surface area contributed by atoms with E-state index in [4.69, 9.17) is 39.7 Å². The van der Waals surface area contributed by atoms with Crippen molar-refractivity contribution < 1.29 is 46.8 Å². The Labute approximate surface area is 215 Å². The first kappa shape index (κ1) is 30.6. The smallest absolute Gasteiger partial charge is 0.367 e. The van der Waals surface area contributed by atoms with E-state index in [9.17, 15) is 18.7 Å². The Balaban J connectivity index is 2.54. The van der Waals surface area contributed by atoms with Crippen LogP contribution in [0.3, 0.4) is 0 Å². The van der Waals surface area contributed by atoms with Crippen LogP contribution in [0.2, 0.25) is 5.02 Å². The van der Waals surface area contributed by atoms with E-state index in [0.29, 0.717) is 0 Å². The number of nitrogens with zero attached hydrogens (tertiary/aromatic N) is 1. The van der Waals surface area contributed by atoms with Crippen LogP contribution in [-0.2, 0) is 37.8 Å². The number of nitrogens with one attached hydrogen (secondary N) is 1. The molecule has 0 radical (unpaired) electrons. The fraction of sp³-hybridized carbons (Fsp3) is 0.619. The van der Waals surface area contributed by atoms with Crippen LogP contribution >= 0.6 is 26.6 Å². The number of fused-ring (bicyclic) bond motifs is 2. The van der Waals surface area contributed by atoms with Crippen molar-refractivity contribution >= 4 is 38.6 Å². The zero-order chi connectivity index (χ0) is 27.3. The molecular weight excluding hydrogens is 538 g/mol. The van der Waals surface area contributed by atoms with E-state index < -0.39 is 64.0 Å². The predicted octanol–water partition coefficient (Wildman–Crippen LogP) is 4.56. The van der Waals surface area contributed by atoms with Gasteiger partial charge in [-0.3, -0.25) is 23.6 Å². The highest BCUT2D eigenvalue weighted by Gasteiger charge is 2.45. The summed E-state index contributed by atoms with van der Waals surface area (Å²) in [4.78, 5) is 31.5. The van der Waals surface area contributed by atoms with Crippen molar-refractivity contribution in [3.8, 4) is 11.5 Å². The van der Waals surface area contributed by atoms with Crippen LogP contribution in [-0.4, -0.2) is 60.9 Å². The van der Waals surface area contributed by atoms with E-state index in [1.54, 1.807) is 27.7 Å². The lowest BCUT2D eigenvalue weighted by atomic mass is 10.3. The highest BCUT2D eigenvalue weighted by atomic mass is 35.5. The molecule has 2 bridgehead atoms. The zero-order valence-electron chi connectivity index (χ0n) is 21.3. The molecular formula is C21H33ClN2O10P2. The first-order chi connectivity index (χ1) is 16.7. The Hall–Kier alpha value is -1.65. The summed E-state index contributed by atoms with van der Waals surface area (Å²) in [6.07, 6.45) is -2.12. The van der Waals surface area contributed by atoms with E-state index in [-0.39, 0.29) is 16.5 Å². The second-order valence-electron chi connectivity index (χ2n) is 8.56. The van der Waals surface area contributed by atoms with Gasteiger partial charge in [0.15, 0.2) is 12.1 Å². The molecule has 12 nitrogen and oxygen atoms in total. The maximum Gasteiger partial charge on any atom is 0.367 e. The lowest BCUT2D eigenvalue weighted by Crippen LogP contribution is -2.42. The van der Waals surface area contributed by atoms with Crippen molar-refractivity contribution in [2.24, 2.45) is 0 Å². The normalized spacial score (nSPS) is 24.4. The number of carbonyl (C=O) groups is 2. The maximum absolute atomic E-state index is 14.0. The minimum absolute atomic E-state index is 0.0218. The van der Waals surface area contributed by atoms with Gasteiger partial charge in [-0.25, -0.2) is 5.09 Å². The molecule has 0 fully saturated rings. The lowest BCUT2D eigenvalue weighted by Gasteiger charge is -2.35. The van der Waals surface area contributed by atoms with Gasteiger partial charge in [0.2, 0.25) is 0 Å². The van der Waals surface area contributed by atoms with Gasteiger partial charge in [0, 0.05) is 13.2 Å². The van der Waals surface area contributed by atoms with Gasteiger partial charge in [0.05, 0.1) is 17.2 Å². The molecule has 15 heteroatoms. The van der Waals surface area contributed by atoms with Crippen LogP contribution in [0, 0.1) is 0 Å². The van der Waals surface area contributed by atoms with Gasteiger partial charge in [-0.2, -0.15) is 0 Å². The highest BCUT2D eigenvalue weighted by Crippen LogP contribution is 2.56. The van der Waals surface area contributed by atoms with Crippen LogP contribution in [0.25, 0.3) is 0 Å². The number of rotatable bonds is 9. The molecule has 204 valence electrons. The topological polar surface area (TPSA) is 139 Å². The van der Waals surface area contributed by atoms with Crippen molar-refractivity contribution in [3.63, 3.8) is 0 Å². The molecule has 0 saturated heterocycles. The van der Waals surface area contributed by atoms with Crippen LogP contribution in [0.5, 0.6) is 11.5 Å². The molecule has 1 N–H and O–H groups in total. The molecule has 0 saturated carbocycles. The van der Waals surface area contributed by atoms with Crippen molar-refractivity contribution in [1.29, 1.82) is 0 Å². The minimum Gasteiger partial charge on any atom is -0.462 e. The quantitative estimate of drug-likeness (QED) is 0.329. The lowest BCUT2D eigenvalue weighted by molar-refractivity contribution is -0.168.